The van der Waals surface area contributed by atoms with E-state index >= 15 is 0 Å². The van der Waals surface area contributed by atoms with E-state index in [1.807, 2.05) is 0 Å². The van der Waals surface area contributed by atoms with Crippen LogP contribution in [0.4, 0.5) is 17.1 Å². The second kappa shape index (κ2) is 13.9. The van der Waals surface area contributed by atoms with Crippen molar-refractivity contribution < 1.29 is 4.42 Å². The molecule has 0 N–H and O–H groups in total. The molecule has 0 fully saturated rings. The maximum Gasteiger partial charge on any atom is 0.136 e. The minimum absolute atomic E-state index is 0.207. The zero-order valence-corrected chi connectivity index (χ0v) is 33.1. The molecule has 1 aliphatic carbocycles. The number of rotatable bonds is 7. The summed E-state index contributed by atoms with van der Waals surface area (Å²) in [6, 6.07) is 76.9. The largest absolute Gasteiger partial charge is 0.456 e. The minimum atomic E-state index is -0.207. The van der Waals surface area contributed by atoms with Crippen LogP contribution < -0.4 is 4.90 Å². The SMILES string of the molecule is CC1(C)c2ccccc2-c2cccc(-c3cccc(N(c4ccc(-c5ccccc5)cc4)c4cccc(-c5ccccc5)c4)c3-c3cccc4oc5ccccc5c34)c21. The molecule has 280 valence electrons. The van der Waals surface area contributed by atoms with Gasteiger partial charge in [0.25, 0.3) is 0 Å². The van der Waals surface area contributed by atoms with Gasteiger partial charge in [-0.2, -0.15) is 0 Å². The Hall–Kier alpha value is -7.42. The second-order valence-corrected chi connectivity index (χ2v) is 16.0. The molecular formula is C57H41NO. The first-order valence-electron chi connectivity index (χ1n) is 20.4. The van der Waals surface area contributed by atoms with Crippen LogP contribution in [0, 0.1) is 0 Å². The average molecular weight is 756 g/mol. The molecule has 0 radical (unpaired) electrons. The van der Waals surface area contributed by atoms with Crippen molar-refractivity contribution >= 4 is 39.0 Å². The fraction of sp³-hybridized carbons (Fsp3) is 0.0526. The molecule has 2 nitrogen and oxygen atoms in total. The summed E-state index contributed by atoms with van der Waals surface area (Å²) in [6.45, 7) is 4.76. The summed E-state index contributed by atoms with van der Waals surface area (Å²) < 4.78 is 6.59. The van der Waals surface area contributed by atoms with Crippen LogP contribution in [0.3, 0.4) is 0 Å². The molecule has 0 saturated heterocycles. The smallest absolute Gasteiger partial charge is 0.136 e. The lowest BCUT2D eigenvalue weighted by Crippen LogP contribution is -2.16. The van der Waals surface area contributed by atoms with Gasteiger partial charge in [-0.15, -0.1) is 0 Å². The van der Waals surface area contributed by atoms with Crippen molar-refractivity contribution in [2.24, 2.45) is 0 Å². The molecule has 0 aliphatic heterocycles. The number of furan rings is 1. The molecule has 0 spiro atoms. The minimum Gasteiger partial charge on any atom is -0.456 e. The molecule has 0 amide bonds. The summed E-state index contributed by atoms with van der Waals surface area (Å²) in [5, 5.41) is 2.22. The third-order valence-electron chi connectivity index (χ3n) is 12.3. The molecule has 1 aliphatic rings. The maximum absolute atomic E-state index is 6.59. The molecule has 0 unspecified atom stereocenters. The van der Waals surface area contributed by atoms with Crippen LogP contribution in [-0.4, -0.2) is 0 Å². The maximum atomic E-state index is 6.59. The van der Waals surface area contributed by atoms with Gasteiger partial charge in [0, 0.05) is 33.1 Å². The first-order chi connectivity index (χ1) is 29.0. The number of fused-ring (bicyclic) bond motifs is 6. The lowest BCUT2D eigenvalue weighted by molar-refractivity contribution is 0.662. The Morgan fingerprint density at radius 3 is 1.73 bits per heavy atom. The number of nitrogens with zero attached hydrogens (tertiary/aromatic N) is 1. The second-order valence-electron chi connectivity index (χ2n) is 16.0. The molecule has 0 bridgehead atoms. The van der Waals surface area contributed by atoms with Gasteiger partial charge < -0.3 is 9.32 Å². The molecule has 59 heavy (non-hydrogen) atoms. The van der Waals surface area contributed by atoms with Crippen LogP contribution >= 0.6 is 0 Å². The van der Waals surface area contributed by atoms with Gasteiger partial charge in [-0.25, -0.2) is 0 Å². The highest BCUT2D eigenvalue weighted by Crippen LogP contribution is 2.55. The Kier molecular flexibility index (Phi) is 8.20. The van der Waals surface area contributed by atoms with Gasteiger partial charge in [-0.05, 0) is 104 Å². The number of hydrogen-bond donors (Lipinski definition) is 0. The van der Waals surface area contributed by atoms with E-state index in [0.29, 0.717) is 0 Å². The van der Waals surface area contributed by atoms with Crippen molar-refractivity contribution in [3.63, 3.8) is 0 Å². The first kappa shape index (κ1) is 34.8. The molecule has 9 aromatic carbocycles. The van der Waals surface area contributed by atoms with Crippen LogP contribution in [0.2, 0.25) is 0 Å². The lowest BCUT2D eigenvalue weighted by Gasteiger charge is -2.31. The average Bonchev–Trinajstić information content (AvgIpc) is 3.80. The Balaban J connectivity index is 1.23. The van der Waals surface area contributed by atoms with Crippen molar-refractivity contribution in [3.05, 3.63) is 223 Å². The number of anilines is 3. The normalized spacial score (nSPS) is 12.7. The predicted octanol–water partition coefficient (Wildman–Crippen LogP) is 16.0. The van der Waals surface area contributed by atoms with Crippen LogP contribution in [0.1, 0.15) is 25.0 Å². The molecule has 11 rings (SSSR count). The van der Waals surface area contributed by atoms with E-state index in [2.05, 4.69) is 231 Å². The summed E-state index contributed by atoms with van der Waals surface area (Å²) in [5.74, 6) is 0. The van der Waals surface area contributed by atoms with E-state index in [9.17, 15) is 0 Å². The summed E-state index contributed by atoms with van der Waals surface area (Å²) in [7, 11) is 0. The summed E-state index contributed by atoms with van der Waals surface area (Å²) >= 11 is 0. The van der Waals surface area contributed by atoms with Crippen molar-refractivity contribution in [2.75, 3.05) is 4.90 Å². The van der Waals surface area contributed by atoms with E-state index in [1.54, 1.807) is 0 Å². The van der Waals surface area contributed by atoms with E-state index in [4.69, 9.17) is 4.42 Å². The summed E-state index contributed by atoms with van der Waals surface area (Å²) in [6.07, 6.45) is 0. The summed E-state index contributed by atoms with van der Waals surface area (Å²) in [4.78, 5) is 2.45. The third-order valence-corrected chi connectivity index (χ3v) is 12.3. The first-order valence-corrected chi connectivity index (χ1v) is 20.4. The molecule has 0 atom stereocenters. The Morgan fingerprint density at radius 1 is 0.390 bits per heavy atom. The quantitative estimate of drug-likeness (QED) is 0.161. The van der Waals surface area contributed by atoms with Gasteiger partial charge in [0.2, 0.25) is 0 Å². The van der Waals surface area contributed by atoms with Crippen LogP contribution in [0.25, 0.3) is 77.6 Å². The highest BCUT2D eigenvalue weighted by Gasteiger charge is 2.38. The predicted molar refractivity (Wildman–Crippen MR) is 248 cm³/mol. The molecule has 1 heterocycles. The molecular weight excluding hydrogens is 715 g/mol. The summed E-state index contributed by atoms with van der Waals surface area (Å²) in [5.41, 5.74) is 19.5. The zero-order valence-electron chi connectivity index (χ0n) is 33.1. The Morgan fingerprint density at radius 2 is 0.932 bits per heavy atom. The Bertz CT molecular complexity index is 3170. The Labute approximate surface area is 345 Å². The third kappa shape index (κ3) is 5.71. The standard InChI is InChI=1S/C57H41NO/c1-57(2)50-29-11-9-23-44(50)46-26-14-27-47(56(46)57)45-25-15-30-51(54(45)49-28-16-32-53-55(49)48-24-10-12-31-52(48)59-53)58(42-35-33-40(34-36-42)38-17-5-3-6-18-38)43-22-13-21-41(37-43)39-19-7-4-8-20-39/h3-37H,1-2H3. The molecule has 10 aromatic rings. The number of hydrogen-bond acceptors (Lipinski definition) is 2. The van der Waals surface area contributed by atoms with Crippen LogP contribution in [0.5, 0.6) is 0 Å². The van der Waals surface area contributed by atoms with E-state index in [-0.39, 0.29) is 5.41 Å². The van der Waals surface area contributed by atoms with Gasteiger partial charge in [0.1, 0.15) is 11.2 Å². The van der Waals surface area contributed by atoms with E-state index in [0.717, 1.165) is 55.7 Å². The van der Waals surface area contributed by atoms with Gasteiger partial charge in [0.05, 0.1) is 5.69 Å². The topological polar surface area (TPSA) is 16.4 Å². The molecule has 1 aromatic heterocycles. The van der Waals surface area contributed by atoms with Crippen LogP contribution in [0.15, 0.2) is 217 Å². The fourth-order valence-corrected chi connectivity index (χ4v) is 9.61. The lowest BCUT2D eigenvalue weighted by atomic mass is 9.77. The van der Waals surface area contributed by atoms with Gasteiger partial charge in [-0.3, -0.25) is 0 Å². The van der Waals surface area contributed by atoms with Gasteiger partial charge in [0.15, 0.2) is 0 Å². The fourth-order valence-electron chi connectivity index (χ4n) is 9.61. The van der Waals surface area contributed by atoms with Gasteiger partial charge in [-0.1, -0.05) is 184 Å². The zero-order chi connectivity index (χ0) is 39.5. The number of benzene rings is 9. The molecule has 0 saturated carbocycles. The van der Waals surface area contributed by atoms with Gasteiger partial charge >= 0.3 is 0 Å². The van der Waals surface area contributed by atoms with Crippen molar-refractivity contribution in [1.29, 1.82) is 0 Å². The number of para-hydroxylation sites is 1. The van der Waals surface area contributed by atoms with Crippen molar-refractivity contribution in [2.45, 2.75) is 19.3 Å². The molecule has 2 heteroatoms. The highest BCUT2D eigenvalue weighted by atomic mass is 16.3. The van der Waals surface area contributed by atoms with Crippen molar-refractivity contribution in [3.8, 4) is 55.6 Å². The van der Waals surface area contributed by atoms with Crippen LogP contribution in [-0.2, 0) is 5.41 Å². The monoisotopic (exact) mass is 755 g/mol. The van der Waals surface area contributed by atoms with Crippen molar-refractivity contribution in [1.82, 2.24) is 0 Å². The highest BCUT2D eigenvalue weighted by molar-refractivity contribution is 6.16. The van der Waals surface area contributed by atoms with E-state index in [1.165, 1.54) is 50.1 Å². The van der Waals surface area contributed by atoms with E-state index < -0.39 is 0 Å².